The zero-order valence-electron chi connectivity index (χ0n) is 40.5. The van der Waals surface area contributed by atoms with E-state index in [0.29, 0.717) is 6.42 Å². The molecule has 1 amide bonds. The molecule has 3 N–H and O–H groups in total. The third-order valence-electron chi connectivity index (χ3n) is 10.6. The summed E-state index contributed by atoms with van der Waals surface area (Å²) >= 11 is 0. The van der Waals surface area contributed by atoms with Gasteiger partial charge in [0.05, 0.1) is 18.8 Å². The molecule has 2 atom stereocenters. The summed E-state index contributed by atoms with van der Waals surface area (Å²) in [6.45, 7) is 4.15. The molecule has 4 nitrogen and oxygen atoms in total. The molecule has 2 unspecified atom stereocenters. The highest BCUT2D eigenvalue weighted by atomic mass is 16.3. The van der Waals surface area contributed by atoms with E-state index in [4.69, 9.17) is 0 Å². The summed E-state index contributed by atoms with van der Waals surface area (Å²) in [6, 6.07) is -0.664. The summed E-state index contributed by atoms with van der Waals surface area (Å²) in [5.74, 6) is -0.105. The van der Waals surface area contributed by atoms with E-state index in [1.54, 1.807) is 6.08 Å². The summed E-state index contributed by atoms with van der Waals surface area (Å²) in [6.07, 6.45) is 84.0. The molecule has 0 bridgehead atoms. The van der Waals surface area contributed by atoms with Crippen molar-refractivity contribution in [3.05, 3.63) is 146 Å². The Morgan fingerprint density at radius 1 is 0.397 bits per heavy atom. The van der Waals surface area contributed by atoms with Crippen LogP contribution in [0.2, 0.25) is 0 Å². The maximum Gasteiger partial charge on any atom is 0.220 e. The number of allylic oxidation sites excluding steroid dienone is 23. The fraction of sp³-hybridized carbons (Fsp3) is 0.576. The zero-order valence-corrected chi connectivity index (χ0v) is 40.5. The molecular weight excluding hydrogens is 771 g/mol. The van der Waals surface area contributed by atoms with E-state index in [-0.39, 0.29) is 12.5 Å². The van der Waals surface area contributed by atoms with Crippen LogP contribution in [0.25, 0.3) is 0 Å². The monoisotopic (exact) mass is 866 g/mol. The van der Waals surface area contributed by atoms with Crippen LogP contribution in [0.5, 0.6) is 0 Å². The van der Waals surface area contributed by atoms with Gasteiger partial charge in [0.25, 0.3) is 0 Å². The number of aliphatic hydroxyl groups excluding tert-OH is 2. The van der Waals surface area contributed by atoms with E-state index in [9.17, 15) is 15.0 Å². The Kier molecular flexibility index (Phi) is 49.5. The van der Waals surface area contributed by atoms with E-state index in [2.05, 4.69) is 153 Å². The van der Waals surface area contributed by atoms with Crippen molar-refractivity contribution in [3.63, 3.8) is 0 Å². The third-order valence-corrected chi connectivity index (χ3v) is 10.6. The normalized spacial score (nSPS) is 14.2. The Morgan fingerprint density at radius 3 is 1.11 bits per heavy atom. The topological polar surface area (TPSA) is 69.6 Å². The van der Waals surface area contributed by atoms with Gasteiger partial charge in [-0.1, -0.05) is 230 Å². The molecule has 0 fully saturated rings. The van der Waals surface area contributed by atoms with Gasteiger partial charge in [-0.2, -0.15) is 0 Å². The summed E-state index contributed by atoms with van der Waals surface area (Å²) in [7, 11) is 0. The fourth-order valence-electron chi connectivity index (χ4n) is 6.69. The third kappa shape index (κ3) is 49.1. The molecule has 0 spiro atoms. The number of rotatable bonds is 44. The average molecular weight is 866 g/mol. The second-order valence-electron chi connectivity index (χ2n) is 16.5. The van der Waals surface area contributed by atoms with Gasteiger partial charge in [-0.05, 0) is 109 Å². The van der Waals surface area contributed by atoms with Gasteiger partial charge in [-0.15, -0.1) is 0 Å². The highest BCUT2D eigenvalue weighted by Gasteiger charge is 2.17. The number of nitrogens with one attached hydrogen (secondary N) is 1. The predicted octanol–water partition coefficient (Wildman–Crippen LogP) is 16.9. The molecule has 0 rings (SSSR count). The lowest BCUT2D eigenvalue weighted by Gasteiger charge is -2.19. The van der Waals surface area contributed by atoms with E-state index >= 15 is 0 Å². The zero-order chi connectivity index (χ0) is 45.6. The second-order valence-corrected chi connectivity index (χ2v) is 16.5. The number of amides is 1. The van der Waals surface area contributed by atoms with Crippen LogP contribution < -0.4 is 5.32 Å². The maximum absolute atomic E-state index is 12.4. The summed E-state index contributed by atoms with van der Waals surface area (Å²) in [4.78, 5) is 12.4. The molecular formula is C59H95NO3. The van der Waals surface area contributed by atoms with Crippen LogP contribution in [0.3, 0.4) is 0 Å². The second kappa shape index (κ2) is 52.6. The molecule has 354 valence electrons. The summed E-state index contributed by atoms with van der Waals surface area (Å²) < 4.78 is 0. The fourth-order valence-corrected chi connectivity index (χ4v) is 6.69. The molecule has 0 aromatic rings. The average Bonchev–Trinajstić information content (AvgIpc) is 3.29. The van der Waals surface area contributed by atoms with Gasteiger partial charge < -0.3 is 15.5 Å². The van der Waals surface area contributed by atoms with Gasteiger partial charge in [0.15, 0.2) is 0 Å². The van der Waals surface area contributed by atoms with Crippen molar-refractivity contribution in [1.29, 1.82) is 0 Å². The summed E-state index contributed by atoms with van der Waals surface area (Å²) in [5.41, 5.74) is 0. The van der Waals surface area contributed by atoms with Crippen LogP contribution in [-0.2, 0) is 4.79 Å². The van der Waals surface area contributed by atoms with Crippen LogP contribution in [-0.4, -0.2) is 34.9 Å². The van der Waals surface area contributed by atoms with E-state index < -0.39 is 12.1 Å². The Bertz CT molecular complexity index is 1350. The molecule has 4 heteroatoms. The minimum Gasteiger partial charge on any atom is -0.394 e. The number of hydrogen-bond donors (Lipinski definition) is 3. The molecule has 0 aromatic heterocycles. The number of aliphatic hydroxyl groups is 2. The van der Waals surface area contributed by atoms with Gasteiger partial charge in [0.2, 0.25) is 5.91 Å². The van der Waals surface area contributed by atoms with Crippen LogP contribution >= 0.6 is 0 Å². The first-order valence-corrected chi connectivity index (χ1v) is 25.5. The van der Waals surface area contributed by atoms with Crippen molar-refractivity contribution in [3.8, 4) is 0 Å². The van der Waals surface area contributed by atoms with Crippen LogP contribution in [0.1, 0.15) is 200 Å². The molecule has 0 aliphatic carbocycles. The Balaban J connectivity index is 3.74. The van der Waals surface area contributed by atoms with E-state index in [1.165, 1.54) is 64.2 Å². The highest BCUT2D eigenvalue weighted by Crippen LogP contribution is 2.12. The lowest BCUT2D eigenvalue weighted by molar-refractivity contribution is -0.123. The molecule has 0 aliphatic heterocycles. The minimum absolute atomic E-state index is 0.105. The van der Waals surface area contributed by atoms with Crippen LogP contribution in [0.4, 0.5) is 0 Å². The SMILES string of the molecule is CC/C=C\C/C=C\C/C=C\C/C=C\C/C=C\C/C=C\C/C=C\C/C=C\C/C=C\C/C=C\CCCCCCC(=O)NC(CO)C(O)/C=C/CC/C=C/CCCCCCCCCCCC. The van der Waals surface area contributed by atoms with Crippen molar-refractivity contribution in [1.82, 2.24) is 5.32 Å². The molecule has 0 aromatic carbocycles. The van der Waals surface area contributed by atoms with E-state index in [0.717, 1.165) is 116 Å². The number of unbranched alkanes of at least 4 members (excludes halogenated alkanes) is 15. The van der Waals surface area contributed by atoms with Crippen molar-refractivity contribution >= 4 is 5.91 Å². The van der Waals surface area contributed by atoms with Gasteiger partial charge in [0.1, 0.15) is 0 Å². The number of carbonyl (C=O) groups excluding carboxylic acids is 1. The van der Waals surface area contributed by atoms with Crippen molar-refractivity contribution in [2.24, 2.45) is 0 Å². The largest absolute Gasteiger partial charge is 0.394 e. The highest BCUT2D eigenvalue weighted by molar-refractivity contribution is 5.76. The molecule has 0 heterocycles. The van der Waals surface area contributed by atoms with Crippen molar-refractivity contribution < 1.29 is 15.0 Å². The smallest absolute Gasteiger partial charge is 0.220 e. The first-order valence-electron chi connectivity index (χ1n) is 25.5. The number of carbonyl (C=O) groups is 1. The number of hydrogen-bond acceptors (Lipinski definition) is 3. The molecule has 0 aliphatic rings. The van der Waals surface area contributed by atoms with Crippen molar-refractivity contribution in [2.45, 2.75) is 212 Å². The predicted molar refractivity (Wildman–Crippen MR) is 280 cm³/mol. The van der Waals surface area contributed by atoms with Gasteiger partial charge in [-0.25, -0.2) is 0 Å². The lowest BCUT2D eigenvalue weighted by Crippen LogP contribution is -2.45. The molecule has 0 saturated carbocycles. The minimum atomic E-state index is -0.884. The summed E-state index contributed by atoms with van der Waals surface area (Å²) in [5, 5.41) is 23.0. The van der Waals surface area contributed by atoms with Crippen molar-refractivity contribution in [2.75, 3.05) is 6.61 Å². The standard InChI is InChI=1S/C59H95NO3/c1-3-5-7-9-11-13-15-17-19-21-22-23-24-25-26-27-28-29-30-31-32-33-34-35-36-37-38-39-41-43-45-47-49-51-53-55-59(63)60-57(56-61)58(62)54-52-50-48-46-44-42-40-20-18-16-14-12-10-8-6-4-2/h5,7,11,13,17,19,22-23,25-26,28-29,31-32,34-35,37-38,41,43-44,46,52,54,57-58,61-62H,3-4,6,8-10,12,14-16,18,20-21,24,27,30,33,36,39-40,42,45,47-51,53,55-56H2,1-2H3,(H,60,63)/b7-5-,13-11-,19-17-,23-22-,26-25-,29-28-,32-31-,35-34-,38-37-,43-41-,46-44+,54-52+. The van der Waals surface area contributed by atoms with Gasteiger partial charge in [-0.3, -0.25) is 4.79 Å². The van der Waals surface area contributed by atoms with E-state index in [1.807, 2.05) is 6.08 Å². The lowest BCUT2D eigenvalue weighted by atomic mass is 10.1. The molecule has 63 heavy (non-hydrogen) atoms. The first-order chi connectivity index (χ1) is 31.2. The first kappa shape index (κ1) is 59.3. The Hall–Kier alpha value is -3.73. The van der Waals surface area contributed by atoms with Gasteiger partial charge in [0, 0.05) is 6.42 Å². The van der Waals surface area contributed by atoms with Gasteiger partial charge >= 0.3 is 0 Å². The van der Waals surface area contributed by atoms with Crippen LogP contribution in [0, 0.1) is 0 Å². The molecule has 0 radical (unpaired) electrons. The molecule has 0 saturated heterocycles. The quantitative estimate of drug-likeness (QED) is 0.0422. The van der Waals surface area contributed by atoms with Crippen LogP contribution in [0.15, 0.2) is 146 Å². The maximum atomic E-state index is 12.4. The Labute approximate surface area is 389 Å². The Morgan fingerprint density at radius 2 is 0.714 bits per heavy atom.